The molecule has 2 N–H and O–H groups in total. The fourth-order valence-corrected chi connectivity index (χ4v) is 2.26. The minimum absolute atomic E-state index is 0.173. The second-order valence-corrected chi connectivity index (χ2v) is 5.15. The molecule has 98 valence electrons. The Bertz CT molecular complexity index is 531. The van der Waals surface area contributed by atoms with Gasteiger partial charge in [-0.15, -0.1) is 0 Å². The van der Waals surface area contributed by atoms with Gasteiger partial charge < -0.3 is 15.1 Å². The number of aryl methyl sites for hydroxylation is 1. The third kappa shape index (κ3) is 2.71. The van der Waals surface area contributed by atoms with Gasteiger partial charge in [0.25, 0.3) is 0 Å². The Kier molecular flexibility index (Phi) is 3.68. The zero-order valence-electron chi connectivity index (χ0n) is 11.5. The molecule has 0 bridgehead atoms. The molecule has 1 aromatic heterocycles. The predicted octanol–water partition coefficient (Wildman–Crippen LogP) is 2.48. The van der Waals surface area contributed by atoms with Gasteiger partial charge >= 0.3 is 0 Å². The first-order chi connectivity index (χ1) is 8.47. The summed E-state index contributed by atoms with van der Waals surface area (Å²) >= 11 is 0. The van der Waals surface area contributed by atoms with E-state index in [1.165, 1.54) is 5.56 Å². The van der Waals surface area contributed by atoms with Crippen molar-refractivity contribution in [2.24, 2.45) is 5.73 Å². The Morgan fingerprint density at radius 2 is 2.11 bits per heavy atom. The quantitative estimate of drug-likeness (QED) is 0.901. The average molecular weight is 247 g/mol. The molecule has 0 radical (unpaired) electrons. The van der Waals surface area contributed by atoms with Crippen LogP contribution in [0.15, 0.2) is 22.6 Å². The summed E-state index contributed by atoms with van der Waals surface area (Å²) in [6, 6.07) is 6.67. The van der Waals surface area contributed by atoms with Crippen molar-refractivity contribution in [3.8, 4) is 0 Å². The lowest BCUT2D eigenvalue weighted by Crippen LogP contribution is -2.27. The molecule has 2 rings (SSSR count). The molecule has 0 aliphatic carbocycles. The van der Waals surface area contributed by atoms with Gasteiger partial charge in [0.1, 0.15) is 5.52 Å². The van der Waals surface area contributed by atoms with E-state index >= 15 is 0 Å². The molecule has 0 spiro atoms. The molecule has 4 nitrogen and oxygen atoms in total. The van der Waals surface area contributed by atoms with E-state index in [0.29, 0.717) is 11.9 Å². The van der Waals surface area contributed by atoms with E-state index in [1.54, 1.807) is 0 Å². The summed E-state index contributed by atoms with van der Waals surface area (Å²) < 4.78 is 5.49. The van der Waals surface area contributed by atoms with E-state index < -0.39 is 0 Å². The molecule has 0 saturated heterocycles. The highest BCUT2D eigenvalue weighted by atomic mass is 16.3. The first-order valence-corrected chi connectivity index (χ1v) is 6.26. The van der Waals surface area contributed by atoms with Gasteiger partial charge in [0, 0.05) is 19.0 Å². The Morgan fingerprint density at radius 1 is 1.39 bits per heavy atom. The lowest BCUT2D eigenvalue weighted by atomic mass is 9.99. The van der Waals surface area contributed by atoms with Crippen molar-refractivity contribution in [2.75, 3.05) is 14.1 Å². The molecule has 1 aromatic carbocycles. The number of oxazole rings is 1. The summed E-state index contributed by atoms with van der Waals surface area (Å²) in [4.78, 5) is 6.57. The molecule has 0 fully saturated rings. The standard InChI is InChI=1S/C14H21N3O/c1-9(15)7-13(17(3)4)11-5-6-14-12(8-11)16-10(2)18-14/h5-6,8-9,13H,7,15H2,1-4H3. The van der Waals surface area contributed by atoms with Crippen LogP contribution in [0.25, 0.3) is 11.1 Å². The number of nitrogens with zero attached hydrogens (tertiary/aromatic N) is 2. The molecule has 0 aliphatic rings. The molecule has 4 heteroatoms. The van der Waals surface area contributed by atoms with E-state index in [9.17, 15) is 0 Å². The number of fused-ring (bicyclic) bond motifs is 1. The van der Waals surface area contributed by atoms with Gasteiger partial charge in [0.2, 0.25) is 0 Å². The fourth-order valence-electron chi connectivity index (χ4n) is 2.26. The van der Waals surface area contributed by atoms with Gasteiger partial charge in [0.05, 0.1) is 0 Å². The van der Waals surface area contributed by atoms with Gasteiger partial charge in [0.15, 0.2) is 11.5 Å². The van der Waals surface area contributed by atoms with Crippen LogP contribution in [-0.2, 0) is 0 Å². The largest absolute Gasteiger partial charge is 0.441 e. The Balaban J connectivity index is 2.37. The Hall–Kier alpha value is -1.39. The lowest BCUT2D eigenvalue weighted by Gasteiger charge is -2.26. The summed E-state index contributed by atoms with van der Waals surface area (Å²) in [6.45, 7) is 3.90. The maximum atomic E-state index is 5.92. The van der Waals surface area contributed by atoms with Crippen LogP contribution in [0.2, 0.25) is 0 Å². The third-order valence-corrected chi connectivity index (χ3v) is 3.12. The number of hydrogen-bond donors (Lipinski definition) is 1. The summed E-state index contributed by atoms with van der Waals surface area (Å²) in [5, 5.41) is 0. The van der Waals surface area contributed by atoms with Crippen LogP contribution in [0, 0.1) is 6.92 Å². The van der Waals surface area contributed by atoms with Gasteiger partial charge in [-0.25, -0.2) is 4.98 Å². The molecule has 0 aliphatic heterocycles. The molecular formula is C14H21N3O. The normalized spacial score (nSPS) is 15.2. The molecule has 18 heavy (non-hydrogen) atoms. The maximum Gasteiger partial charge on any atom is 0.192 e. The summed E-state index contributed by atoms with van der Waals surface area (Å²) in [6.07, 6.45) is 0.926. The number of rotatable bonds is 4. The number of benzene rings is 1. The monoisotopic (exact) mass is 247 g/mol. The van der Waals surface area contributed by atoms with E-state index in [4.69, 9.17) is 10.2 Å². The Labute approximate surface area is 108 Å². The van der Waals surface area contributed by atoms with Gasteiger partial charge in [-0.05, 0) is 45.1 Å². The number of nitrogens with two attached hydrogens (primary N) is 1. The lowest BCUT2D eigenvalue weighted by molar-refractivity contribution is 0.272. The van der Waals surface area contributed by atoms with Gasteiger partial charge in [-0.3, -0.25) is 0 Å². The average Bonchev–Trinajstić information content (AvgIpc) is 2.64. The summed E-state index contributed by atoms with van der Waals surface area (Å²) in [5.74, 6) is 0.704. The van der Waals surface area contributed by atoms with Crippen molar-refractivity contribution in [1.82, 2.24) is 9.88 Å². The van der Waals surface area contributed by atoms with Crippen LogP contribution < -0.4 is 5.73 Å². The van der Waals surface area contributed by atoms with Crippen molar-refractivity contribution in [3.05, 3.63) is 29.7 Å². The van der Waals surface area contributed by atoms with Crippen LogP contribution in [0.1, 0.15) is 30.8 Å². The SMILES string of the molecule is Cc1nc2cc(C(CC(C)N)N(C)C)ccc2o1. The molecule has 2 aromatic rings. The summed E-state index contributed by atoms with van der Waals surface area (Å²) in [5.41, 5.74) is 8.92. The second-order valence-electron chi connectivity index (χ2n) is 5.15. The van der Waals surface area contributed by atoms with Crippen LogP contribution >= 0.6 is 0 Å². The first kappa shape index (κ1) is 13.1. The van der Waals surface area contributed by atoms with Crippen LogP contribution in [0.4, 0.5) is 0 Å². The molecule has 0 amide bonds. The van der Waals surface area contributed by atoms with Crippen LogP contribution in [0.5, 0.6) is 0 Å². The fraction of sp³-hybridized carbons (Fsp3) is 0.500. The van der Waals surface area contributed by atoms with Crippen molar-refractivity contribution in [1.29, 1.82) is 0 Å². The molecule has 0 saturated carbocycles. The van der Waals surface area contributed by atoms with Gasteiger partial charge in [-0.1, -0.05) is 6.07 Å². The van der Waals surface area contributed by atoms with Crippen molar-refractivity contribution in [2.45, 2.75) is 32.4 Å². The topological polar surface area (TPSA) is 55.3 Å². The van der Waals surface area contributed by atoms with E-state index in [2.05, 4.69) is 36.1 Å². The minimum atomic E-state index is 0.173. The minimum Gasteiger partial charge on any atom is -0.441 e. The predicted molar refractivity (Wildman–Crippen MR) is 73.4 cm³/mol. The van der Waals surface area contributed by atoms with E-state index in [0.717, 1.165) is 17.5 Å². The van der Waals surface area contributed by atoms with Crippen molar-refractivity contribution in [3.63, 3.8) is 0 Å². The highest BCUT2D eigenvalue weighted by Gasteiger charge is 2.17. The molecule has 1 heterocycles. The van der Waals surface area contributed by atoms with Crippen LogP contribution in [0.3, 0.4) is 0 Å². The number of hydrogen-bond acceptors (Lipinski definition) is 4. The number of aromatic nitrogens is 1. The maximum absolute atomic E-state index is 5.92. The highest BCUT2D eigenvalue weighted by molar-refractivity contribution is 5.73. The van der Waals surface area contributed by atoms with E-state index in [1.807, 2.05) is 19.9 Å². The molecule has 2 unspecified atom stereocenters. The first-order valence-electron chi connectivity index (χ1n) is 6.26. The molecular weight excluding hydrogens is 226 g/mol. The second kappa shape index (κ2) is 5.08. The van der Waals surface area contributed by atoms with Gasteiger partial charge in [-0.2, -0.15) is 0 Å². The molecule has 2 atom stereocenters. The third-order valence-electron chi connectivity index (χ3n) is 3.12. The zero-order chi connectivity index (χ0) is 13.3. The summed E-state index contributed by atoms with van der Waals surface area (Å²) in [7, 11) is 4.15. The Morgan fingerprint density at radius 3 is 2.72 bits per heavy atom. The van der Waals surface area contributed by atoms with E-state index in [-0.39, 0.29) is 6.04 Å². The van der Waals surface area contributed by atoms with Crippen LogP contribution in [-0.4, -0.2) is 30.0 Å². The zero-order valence-corrected chi connectivity index (χ0v) is 11.5. The smallest absolute Gasteiger partial charge is 0.192 e. The van der Waals surface area contributed by atoms with Crippen molar-refractivity contribution < 1.29 is 4.42 Å². The highest BCUT2D eigenvalue weighted by Crippen LogP contribution is 2.26. The van der Waals surface area contributed by atoms with Crippen molar-refractivity contribution >= 4 is 11.1 Å².